The maximum atomic E-state index is 4.31. The zero-order valence-corrected chi connectivity index (χ0v) is 9.99. The Morgan fingerprint density at radius 3 is 2.89 bits per heavy atom. The third kappa shape index (κ3) is 1.90. The lowest BCUT2D eigenvalue weighted by Crippen LogP contribution is -2.09. The standard InChI is InChI=1S/C13H13N5/c1-10(11-5-3-2-4-6-11)16-12-13-17-15-9-18(13)8-7-14-12/h2-10H,1H3,(H,14,16). The van der Waals surface area contributed by atoms with Crippen molar-refractivity contribution in [2.45, 2.75) is 13.0 Å². The molecule has 0 amide bonds. The van der Waals surface area contributed by atoms with Gasteiger partial charge in [0.25, 0.3) is 0 Å². The van der Waals surface area contributed by atoms with Crippen LogP contribution in [-0.4, -0.2) is 19.6 Å². The molecule has 0 aliphatic heterocycles. The second-order valence-corrected chi connectivity index (χ2v) is 4.11. The average molecular weight is 239 g/mol. The second-order valence-electron chi connectivity index (χ2n) is 4.11. The minimum Gasteiger partial charge on any atom is -0.360 e. The number of hydrogen-bond donors (Lipinski definition) is 1. The monoisotopic (exact) mass is 239 g/mol. The van der Waals surface area contributed by atoms with E-state index in [2.05, 4.69) is 39.6 Å². The van der Waals surface area contributed by atoms with E-state index >= 15 is 0 Å². The van der Waals surface area contributed by atoms with Crippen LogP contribution in [-0.2, 0) is 0 Å². The fourth-order valence-electron chi connectivity index (χ4n) is 1.89. The highest BCUT2D eigenvalue weighted by Gasteiger charge is 2.09. The van der Waals surface area contributed by atoms with Gasteiger partial charge < -0.3 is 5.32 Å². The summed E-state index contributed by atoms with van der Waals surface area (Å²) in [5.74, 6) is 0.742. The van der Waals surface area contributed by atoms with Crippen LogP contribution in [0, 0.1) is 0 Å². The van der Waals surface area contributed by atoms with Crippen molar-refractivity contribution in [3.63, 3.8) is 0 Å². The van der Waals surface area contributed by atoms with Gasteiger partial charge in [0.05, 0.1) is 6.04 Å². The Balaban J connectivity index is 1.91. The lowest BCUT2D eigenvalue weighted by molar-refractivity contribution is 0.872. The first-order valence-corrected chi connectivity index (χ1v) is 5.80. The largest absolute Gasteiger partial charge is 0.360 e. The summed E-state index contributed by atoms with van der Waals surface area (Å²) in [5, 5.41) is 11.3. The van der Waals surface area contributed by atoms with Gasteiger partial charge in [-0.1, -0.05) is 30.3 Å². The number of rotatable bonds is 3. The lowest BCUT2D eigenvalue weighted by atomic mass is 10.1. The van der Waals surface area contributed by atoms with Crippen molar-refractivity contribution in [1.82, 2.24) is 19.6 Å². The molecule has 0 aliphatic carbocycles. The molecular weight excluding hydrogens is 226 g/mol. The summed E-state index contributed by atoms with van der Waals surface area (Å²) in [7, 11) is 0. The number of benzene rings is 1. The Morgan fingerprint density at radius 1 is 1.22 bits per heavy atom. The van der Waals surface area contributed by atoms with E-state index < -0.39 is 0 Å². The molecular formula is C13H13N5. The summed E-state index contributed by atoms with van der Waals surface area (Å²) < 4.78 is 1.84. The highest BCUT2D eigenvalue weighted by atomic mass is 15.2. The van der Waals surface area contributed by atoms with E-state index in [1.807, 2.05) is 28.8 Å². The van der Waals surface area contributed by atoms with E-state index in [4.69, 9.17) is 0 Å². The first-order valence-electron chi connectivity index (χ1n) is 5.80. The van der Waals surface area contributed by atoms with Gasteiger partial charge in [-0.05, 0) is 12.5 Å². The van der Waals surface area contributed by atoms with E-state index in [9.17, 15) is 0 Å². The molecule has 2 heterocycles. The summed E-state index contributed by atoms with van der Waals surface area (Å²) in [6.07, 6.45) is 5.22. The summed E-state index contributed by atoms with van der Waals surface area (Å²) in [4.78, 5) is 4.31. The fraction of sp³-hybridized carbons (Fsp3) is 0.154. The highest BCUT2D eigenvalue weighted by Crippen LogP contribution is 2.19. The predicted molar refractivity (Wildman–Crippen MR) is 69.3 cm³/mol. The third-order valence-corrected chi connectivity index (χ3v) is 2.87. The van der Waals surface area contributed by atoms with Crippen molar-refractivity contribution in [1.29, 1.82) is 0 Å². The molecule has 18 heavy (non-hydrogen) atoms. The highest BCUT2D eigenvalue weighted by molar-refractivity contribution is 5.62. The van der Waals surface area contributed by atoms with E-state index in [1.165, 1.54) is 5.56 Å². The van der Waals surface area contributed by atoms with Crippen LogP contribution in [0.2, 0.25) is 0 Å². The molecule has 0 saturated carbocycles. The normalized spacial score (nSPS) is 12.5. The van der Waals surface area contributed by atoms with Gasteiger partial charge in [0.2, 0.25) is 5.65 Å². The first kappa shape index (κ1) is 10.7. The molecule has 1 atom stereocenters. The van der Waals surface area contributed by atoms with Crippen molar-refractivity contribution < 1.29 is 0 Å². The SMILES string of the molecule is CC(Nc1nccn2cnnc12)c1ccccc1. The summed E-state index contributed by atoms with van der Waals surface area (Å²) in [5.41, 5.74) is 1.95. The molecule has 1 unspecified atom stereocenters. The van der Waals surface area contributed by atoms with E-state index in [-0.39, 0.29) is 6.04 Å². The fourth-order valence-corrected chi connectivity index (χ4v) is 1.89. The van der Waals surface area contributed by atoms with Crippen LogP contribution >= 0.6 is 0 Å². The lowest BCUT2D eigenvalue weighted by Gasteiger charge is -2.14. The minimum absolute atomic E-state index is 0.168. The second kappa shape index (κ2) is 4.44. The van der Waals surface area contributed by atoms with Gasteiger partial charge in [-0.2, -0.15) is 0 Å². The zero-order chi connectivity index (χ0) is 12.4. The van der Waals surface area contributed by atoms with Gasteiger partial charge >= 0.3 is 0 Å². The van der Waals surface area contributed by atoms with Gasteiger partial charge in [0.1, 0.15) is 6.33 Å². The number of aromatic nitrogens is 4. The maximum absolute atomic E-state index is 4.31. The number of anilines is 1. The smallest absolute Gasteiger partial charge is 0.203 e. The van der Waals surface area contributed by atoms with Gasteiger partial charge in [-0.25, -0.2) is 4.98 Å². The molecule has 1 aromatic carbocycles. The zero-order valence-electron chi connectivity index (χ0n) is 9.99. The molecule has 2 aromatic heterocycles. The van der Waals surface area contributed by atoms with Gasteiger partial charge in [-0.3, -0.25) is 4.40 Å². The molecule has 5 nitrogen and oxygen atoms in total. The Bertz CT molecular complexity index is 647. The molecule has 90 valence electrons. The molecule has 0 fully saturated rings. The first-order chi connectivity index (χ1) is 8.84. The summed E-state index contributed by atoms with van der Waals surface area (Å²) >= 11 is 0. The number of nitrogens with one attached hydrogen (secondary N) is 1. The van der Waals surface area contributed by atoms with Crippen LogP contribution < -0.4 is 5.32 Å². The molecule has 1 N–H and O–H groups in total. The van der Waals surface area contributed by atoms with Crippen LogP contribution in [0.4, 0.5) is 5.82 Å². The van der Waals surface area contributed by atoms with Gasteiger partial charge in [-0.15, -0.1) is 10.2 Å². The molecule has 3 aromatic rings. The van der Waals surface area contributed by atoms with Crippen molar-refractivity contribution in [3.05, 3.63) is 54.6 Å². The maximum Gasteiger partial charge on any atom is 0.203 e. The van der Waals surface area contributed by atoms with Crippen LogP contribution in [0.3, 0.4) is 0 Å². The Morgan fingerprint density at radius 2 is 2.06 bits per heavy atom. The van der Waals surface area contributed by atoms with E-state index in [0.29, 0.717) is 0 Å². The quantitative estimate of drug-likeness (QED) is 0.762. The van der Waals surface area contributed by atoms with Crippen molar-refractivity contribution in [3.8, 4) is 0 Å². The molecule has 0 saturated heterocycles. The summed E-state index contributed by atoms with van der Waals surface area (Å²) in [6, 6.07) is 10.4. The third-order valence-electron chi connectivity index (χ3n) is 2.87. The predicted octanol–water partition coefficient (Wildman–Crippen LogP) is 2.30. The van der Waals surface area contributed by atoms with Crippen molar-refractivity contribution >= 4 is 11.5 Å². The van der Waals surface area contributed by atoms with Gasteiger partial charge in [0, 0.05) is 12.4 Å². The molecule has 0 spiro atoms. The van der Waals surface area contributed by atoms with Crippen molar-refractivity contribution in [2.24, 2.45) is 0 Å². The molecule has 5 heteroatoms. The van der Waals surface area contributed by atoms with Crippen LogP contribution in [0.5, 0.6) is 0 Å². The van der Waals surface area contributed by atoms with Crippen LogP contribution in [0.1, 0.15) is 18.5 Å². The number of fused-ring (bicyclic) bond motifs is 1. The summed E-state index contributed by atoms with van der Waals surface area (Å²) in [6.45, 7) is 2.09. The average Bonchev–Trinajstić information content (AvgIpc) is 2.89. The van der Waals surface area contributed by atoms with Gasteiger partial charge in [0.15, 0.2) is 5.82 Å². The Hall–Kier alpha value is -2.43. The molecule has 3 rings (SSSR count). The molecule has 0 bridgehead atoms. The van der Waals surface area contributed by atoms with Crippen molar-refractivity contribution in [2.75, 3.05) is 5.32 Å². The topological polar surface area (TPSA) is 55.1 Å². The van der Waals surface area contributed by atoms with Crippen LogP contribution in [0.15, 0.2) is 49.1 Å². The Labute approximate surface area is 105 Å². The number of nitrogens with zero attached hydrogens (tertiary/aromatic N) is 4. The molecule has 0 radical (unpaired) electrons. The number of hydrogen-bond acceptors (Lipinski definition) is 4. The Kier molecular flexibility index (Phi) is 2.64. The minimum atomic E-state index is 0.168. The van der Waals surface area contributed by atoms with E-state index in [1.54, 1.807) is 12.5 Å². The molecule has 0 aliphatic rings. The van der Waals surface area contributed by atoms with E-state index in [0.717, 1.165) is 11.5 Å². The van der Waals surface area contributed by atoms with Crippen LogP contribution in [0.25, 0.3) is 5.65 Å².